The minimum atomic E-state index is -0.400. The van der Waals surface area contributed by atoms with Gasteiger partial charge in [-0.25, -0.2) is 4.99 Å². The van der Waals surface area contributed by atoms with E-state index in [-0.39, 0.29) is 12.6 Å². The molecule has 1 amide bonds. The van der Waals surface area contributed by atoms with E-state index in [9.17, 15) is 9.90 Å². The van der Waals surface area contributed by atoms with Gasteiger partial charge in [0.05, 0.1) is 42.0 Å². The molecule has 1 aliphatic heterocycles. The van der Waals surface area contributed by atoms with E-state index in [0.717, 1.165) is 27.1 Å². The maximum absolute atomic E-state index is 13.1. The summed E-state index contributed by atoms with van der Waals surface area (Å²) in [5.74, 6) is 0.331. The number of carbonyl (C=O) groups excluding carboxylic acids is 1. The quantitative estimate of drug-likeness (QED) is 0.341. The van der Waals surface area contributed by atoms with E-state index in [2.05, 4.69) is 21.9 Å². The minimum Gasteiger partial charge on any atom is -0.497 e. The Bertz CT molecular complexity index is 1300. The lowest BCUT2D eigenvalue weighted by molar-refractivity contribution is -0.123. The summed E-state index contributed by atoms with van der Waals surface area (Å²) in [6.07, 6.45) is 1.82. The van der Waals surface area contributed by atoms with Crippen molar-refractivity contribution in [1.29, 1.82) is 0 Å². The van der Waals surface area contributed by atoms with Crippen LogP contribution in [-0.2, 0) is 18.4 Å². The number of aryl methyl sites for hydroxylation is 1. The number of aliphatic hydroxyl groups excluding tert-OH is 1. The van der Waals surface area contributed by atoms with Gasteiger partial charge in [0.15, 0.2) is 0 Å². The summed E-state index contributed by atoms with van der Waals surface area (Å²) >= 11 is 6.82. The van der Waals surface area contributed by atoms with Crippen molar-refractivity contribution in [1.82, 2.24) is 19.7 Å². The largest absolute Gasteiger partial charge is 0.497 e. The number of amidine groups is 1. The first-order valence-electron chi connectivity index (χ1n) is 10.1. The second kappa shape index (κ2) is 8.95. The molecule has 2 heterocycles. The van der Waals surface area contributed by atoms with Crippen molar-refractivity contribution in [2.24, 2.45) is 17.1 Å². The lowest BCUT2D eigenvalue weighted by Gasteiger charge is -2.29. The van der Waals surface area contributed by atoms with Crippen LogP contribution in [0.25, 0.3) is 16.6 Å². The van der Waals surface area contributed by atoms with Crippen molar-refractivity contribution in [2.75, 3.05) is 20.7 Å². The van der Waals surface area contributed by atoms with Crippen molar-refractivity contribution in [3.63, 3.8) is 0 Å². The van der Waals surface area contributed by atoms with E-state index in [4.69, 9.17) is 16.3 Å². The third-order valence-corrected chi connectivity index (χ3v) is 5.85. The van der Waals surface area contributed by atoms with Crippen LogP contribution in [0.15, 0.2) is 58.3 Å². The van der Waals surface area contributed by atoms with Crippen molar-refractivity contribution in [3.8, 4) is 5.75 Å². The highest BCUT2D eigenvalue weighted by atomic mass is 35.5. The Balaban J connectivity index is 1.89. The molecule has 170 valence electrons. The van der Waals surface area contributed by atoms with E-state index in [1.54, 1.807) is 22.9 Å². The van der Waals surface area contributed by atoms with Crippen LogP contribution in [-0.4, -0.2) is 64.1 Å². The first kappa shape index (κ1) is 22.3. The van der Waals surface area contributed by atoms with Gasteiger partial charge < -0.3 is 9.84 Å². The molecule has 1 aromatic heterocycles. The average molecular weight is 467 g/mol. The summed E-state index contributed by atoms with van der Waals surface area (Å²) in [6.45, 7) is 4.03. The van der Waals surface area contributed by atoms with E-state index >= 15 is 0 Å². The summed E-state index contributed by atoms with van der Waals surface area (Å²) in [4.78, 5) is 18.3. The third-order valence-electron chi connectivity index (χ3n) is 5.44. The Hall–Kier alpha value is -3.85. The van der Waals surface area contributed by atoms with Crippen molar-refractivity contribution >= 4 is 46.8 Å². The van der Waals surface area contributed by atoms with E-state index in [1.165, 1.54) is 7.05 Å². The fraction of sp³-hybridized carbons (Fsp3) is 0.217. The Morgan fingerprint density at radius 3 is 2.67 bits per heavy atom. The number of ether oxygens (including phenoxy) is 1. The number of methoxy groups -OCH3 is 1. The van der Waals surface area contributed by atoms with Crippen molar-refractivity contribution in [3.05, 3.63) is 64.3 Å². The second-order valence-electron chi connectivity index (χ2n) is 7.52. The number of aliphatic imine (C=N–C) groups is 1. The van der Waals surface area contributed by atoms with Crippen LogP contribution in [0.4, 0.5) is 0 Å². The molecule has 0 saturated carbocycles. The number of halogens is 1. The molecule has 0 radical (unpaired) electrons. The Morgan fingerprint density at radius 1 is 1.27 bits per heavy atom. The molecule has 0 bridgehead atoms. The fourth-order valence-corrected chi connectivity index (χ4v) is 4.01. The molecule has 33 heavy (non-hydrogen) atoms. The number of likely N-dealkylation sites (N-methyl/N-ethyl adjacent to an activating group) is 1. The molecule has 0 atom stereocenters. The predicted molar refractivity (Wildman–Crippen MR) is 128 cm³/mol. The van der Waals surface area contributed by atoms with Gasteiger partial charge in [0.25, 0.3) is 11.9 Å². The highest BCUT2D eigenvalue weighted by Crippen LogP contribution is 2.36. The zero-order valence-corrected chi connectivity index (χ0v) is 19.2. The molecule has 1 N–H and O–H groups in total. The lowest BCUT2D eigenvalue weighted by Crippen LogP contribution is -2.40. The van der Waals surface area contributed by atoms with Gasteiger partial charge >= 0.3 is 0 Å². The fourth-order valence-electron chi connectivity index (χ4n) is 3.72. The monoisotopic (exact) mass is 466 g/mol. The first-order chi connectivity index (χ1) is 15.8. The summed E-state index contributed by atoms with van der Waals surface area (Å²) in [5, 5.41) is 21.3. The third kappa shape index (κ3) is 4.14. The zero-order chi connectivity index (χ0) is 23.7. The SMILES string of the molecule is C=NN(Cc1ccc(OC)cc1)/C(=C1\CN=C(O)N(C)C1=O)c1ccc2nn(C)cc2c1Cl. The van der Waals surface area contributed by atoms with Gasteiger partial charge in [-0.3, -0.25) is 19.4 Å². The number of fused-ring (bicyclic) bond motifs is 1. The highest BCUT2D eigenvalue weighted by Gasteiger charge is 2.31. The van der Waals surface area contributed by atoms with E-state index in [1.807, 2.05) is 43.6 Å². The number of aromatic nitrogens is 2. The normalized spacial score (nSPS) is 15.5. The molecule has 0 spiro atoms. The molecule has 2 aromatic carbocycles. The van der Waals surface area contributed by atoms with Crippen LogP contribution >= 0.6 is 11.6 Å². The molecule has 0 fully saturated rings. The molecule has 4 rings (SSSR count). The molecule has 0 saturated heterocycles. The Kier molecular flexibility index (Phi) is 6.06. The minimum absolute atomic E-state index is 0.0274. The van der Waals surface area contributed by atoms with E-state index < -0.39 is 5.91 Å². The molecule has 1 aliphatic rings. The van der Waals surface area contributed by atoms with Crippen molar-refractivity contribution < 1.29 is 14.6 Å². The number of benzene rings is 2. The van der Waals surface area contributed by atoms with Crippen molar-refractivity contribution in [2.45, 2.75) is 6.54 Å². The van der Waals surface area contributed by atoms with Gasteiger partial charge in [0, 0.05) is 38.0 Å². The number of hydrogen-bond donors (Lipinski definition) is 1. The summed E-state index contributed by atoms with van der Waals surface area (Å²) < 4.78 is 6.91. The van der Waals surface area contributed by atoms with Gasteiger partial charge in [-0.2, -0.15) is 10.2 Å². The van der Waals surface area contributed by atoms with Crippen LogP contribution in [0.1, 0.15) is 11.1 Å². The molecular weight excluding hydrogens is 444 g/mol. The molecular formula is C23H23ClN6O3. The van der Waals surface area contributed by atoms with Gasteiger partial charge in [0.2, 0.25) is 0 Å². The molecule has 9 nitrogen and oxygen atoms in total. The smallest absolute Gasteiger partial charge is 0.291 e. The van der Waals surface area contributed by atoms with Crippen LogP contribution in [0.5, 0.6) is 5.75 Å². The number of rotatable bonds is 6. The summed E-state index contributed by atoms with van der Waals surface area (Å²) in [7, 11) is 4.87. The second-order valence-corrected chi connectivity index (χ2v) is 7.90. The number of hydrazone groups is 1. The highest BCUT2D eigenvalue weighted by molar-refractivity contribution is 6.37. The van der Waals surface area contributed by atoms with Gasteiger partial charge in [-0.1, -0.05) is 23.7 Å². The Morgan fingerprint density at radius 2 is 2.00 bits per heavy atom. The lowest BCUT2D eigenvalue weighted by atomic mass is 10.0. The van der Waals surface area contributed by atoms with Gasteiger partial charge in [-0.05, 0) is 29.8 Å². The maximum Gasteiger partial charge on any atom is 0.291 e. The molecule has 0 unspecified atom stereocenters. The zero-order valence-electron chi connectivity index (χ0n) is 18.5. The number of nitrogens with zero attached hydrogens (tertiary/aromatic N) is 6. The predicted octanol–water partition coefficient (Wildman–Crippen LogP) is 3.45. The summed E-state index contributed by atoms with van der Waals surface area (Å²) in [5.41, 5.74) is 3.03. The number of aliphatic hydroxyl groups is 1. The summed E-state index contributed by atoms with van der Waals surface area (Å²) in [6, 6.07) is 10.8. The topological polar surface area (TPSA) is 95.6 Å². The van der Waals surface area contributed by atoms with E-state index in [0.29, 0.717) is 28.4 Å². The van der Waals surface area contributed by atoms with Gasteiger partial charge in [-0.15, -0.1) is 0 Å². The maximum atomic E-state index is 13.1. The number of carbonyl (C=O) groups is 1. The molecule has 0 aliphatic carbocycles. The van der Waals surface area contributed by atoms with Crippen LogP contribution in [0.2, 0.25) is 5.02 Å². The first-order valence-corrected chi connectivity index (χ1v) is 10.5. The van der Waals surface area contributed by atoms with Gasteiger partial charge in [0.1, 0.15) is 5.75 Å². The Labute approximate surface area is 195 Å². The average Bonchev–Trinajstić information content (AvgIpc) is 3.21. The standard InChI is InChI=1S/C23H23ClN6O3/c1-25-30(12-14-5-7-15(33-4)8-6-14)21(17-11-26-23(32)29(3)22(17)31)16-9-10-19-18(20(16)24)13-28(2)27-19/h5-10,13H,1,11-12H2,2-4H3,(H,26,32)/b21-17+. The molecule has 10 heteroatoms. The number of hydrogen-bond acceptors (Lipinski definition) is 6. The van der Waals surface area contributed by atoms with Crippen LogP contribution < -0.4 is 4.74 Å². The number of amides is 1. The van der Waals surface area contributed by atoms with Crippen LogP contribution in [0, 0.1) is 0 Å². The van der Waals surface area contributed by atoms with Crippen LogP contribution in [0.3, 0.4) is 0 Å². The molecule has 3 aromatic rings.